The average Bonchev–Trinajstić information content (AvgIpc) is 2.95. The standard InChI is InChI=1S/C22H31NO4/c1-14-11-16(15-9-7-6-8-10-15)18(22(5,26)12-14)19(24)23-17(21(2,3)4)13-27-20(23)25/h6-10,14,16-18,26H,11-13H2,1-5H3/t14-,16-,17+,18+,22+/m0/s1. The molecule has 0 aromatic heterocycles. The van der Waals surface area contributed by atoms with Crippen LogP contribution in [0.4, 0.5) is 4.79 Å². The van der Waals surface area contributed by atoms with Gasteiger partial charge in [0.15, 0.2) is 0 Å². The van der Waals surface area contributed by atoms with Crippen molar-refractivity contribution < 1.29 is 19.4 Å². The largest absolute Gasteiger partial charge is 0.447 e. The van der Waals surface area contributed by atoms with Gasteiger partial charge in [0.25, 0.3) is 0 Å². The van der Waals surface area contributed by atoms with E-state index in [4.69, 9.17) is 4.74 Å². The maximum Gasteiger partial charge on any atom is 0.417 e. The monoisotopic (exact) mass is 373 g/mol. The van der Waals surface area contributed by atoms with Gasteiger partial charge in [0.2, 0.25) is 5.91 Å². The number of carbonyl (C=O) groups is 2. The van der Waals surface area contributed by atoms with E-state index in [0.29, 0.717) is 6.42 Å². The van der Waals surface area contributed by atoms with Gasteiger partial charge in [0, 0.05) is 0 Å². The Morgan fingerprint density at radius 1 is 1.26 bits per heavy atom. The third kappa shape index (κ3) is 3.75. The van der Waals surface area contributed by atoms with Crippen molar-refractivity contribution in [1.82, 2.24) is 4.90 Å². The van der Waals surface area contributed by atoms with Crippen LogP contribution in [0.25, 0.3) is 0 Å². The number of amides is 2. The van der Waals surface area contributed by atoms with Gasteiger partial charge >= 0.3 is 6.09 Å². The molecule has 1 aliphatic carbocycles. The molecule has 27 heavy (non-hydrogen) atoms. The Bertz CT molecular complexity index is 707. The Morgan fingerprint density at radius 2 is 1.89 bits per heavy atom. The summed E-state index contributed by atoms with van der Waals surface area (Å²) in [5.41, 5.74) is -0.444. The predicted molar refractivity (Wildman–Crippen MR) is 103 cm³/mol. The van der Waals surface area contributed by atoms with Gasteiger partial charge in [-0.05, 0) is 42.6 Å². The first-order valence-corrected chi connectivity index (χ1v) is 9.79. The van der Waals surface area contributed by atoms with Gasteiger partial charge in [0.05, 0.1) is 17.6 Å². The van der Waals surface area contributed by atoms with Crippen LogP contribution < -0.4 is 0 Å². The molecule has 1 saturated heterocycles. The van der Waals surface area contributed by atoms with Crippen molar-refractivity contribution >= 4 is 12.0 Å². The molecule has 0 spiro atoms. The summed E-state index contributed by atoms with van der Waals surface area (Å²) in [4.78, 5) is 27.3. The molecular formula is C22H31NO4. The summed E-state index contributed by atoms with van der Waals surface area (Å²) < 4.78 is 5.23. The van der Waals surface area contributed by atoms with Gasteiger partial charge in [-0.25, -0.2) is 9.69 Å². The summed E-state index contributed by atoms with van der Waals surface area (Å²) >= 11 is 0. The van der Waals surface area contributed by atoms with Gasteiger partial charge in [0.1, 0.15) is 6.61 Å². The number of ether oxygens (including phenoxy) is 1. The van der Waals surface area contributed by atoms with Crippen LogP contribution in [0.5, 0.6) is 0 Å². The minimum absolute atomic E-state index is 0.133. The quantitative estimate of drug-likeness (QED) is 0.852. The van der Waals surface area contributed by atoms with E-state index in [1.807, 2.05) is 51.1 Å². The van der Waals surface area contributed by atoms with Crippen LogP contribution in [0.3, 0.4) is 0 Å². The Morgan fingerprint density at radius 3 is 2.48 bits per heavy atom. The smallest absolute Gasteiger partial charge is 0.417 e. The molecule has 1 saturated carbocycles. The number of carbonyl (C=O) groups excluding carboxylic acids is 2. The van der Waals surface area contributed by atoms with Crippen molar-refractivity contribution in [1.29, 1.82) is 0 Å². The van der Waals surface area contributed by atoms with Gasteiger partial charge in [-0.1, -0.05) is 58.0 Å². The summed E-state index contributed by atoms with van der Waals surface area (Å²) in [5, 5.41) is 11.2. The topological polar surface area (TPSA) is 66.8 Å². The fourth-order valence-electron chi connectivity index (χ4n) is 4.84. The van der Waals surface area contributed by atoms with Crippen molar-refractivity contribution in [3.63, 3.8) is 0 Å². The molecule has 2 aliphatic rings. The second-order valence-corrected chi connectivity index (χ2v) is 9.56. The highest BCUT2D eigenvalue weighted by atomic mass is 16.6. The molecule has 1 N–H and O–H groups in total. The first kappa shape index (κ1) is 19.9. The van der Waals surface area contributed by atoms with E-state index in [-0.39, 0.29) is 35.8 Å². The van der Waals surface area contributed by atoms with Crippen molar-refractivity contribution in [3.8, 4) is 0 Å². The molecule has 5 nitrogen and oxygen atoms in total. The fourth-order valence-corrected chi connectivity index (χ4v) is 4.84. The van der Waals surface area contributed by atoms with Gasteiger partial charge in [-0.3, -0.25) is 4.79 Å². The highest BCUT2D eigenvalue weighted by Gasteiger charge is 2.54. The third-order valence-electron chi connectivity index (χ3n) is 6.09. The van der Waals surface area contributed by atoms with Gasteiger partial charge in [-0.2, -0.15) is 0 Å². The number of cyclic esters (lactones) is 1. The molecule has 0 radical (unpaired) electrons. The Kier molecular flexibility index (Phi) is 5.10. The molecule has 148 valence electrons. The van der Waals surface area contributed by atoms with E-state index in [2.05, 4.69) is 6.92 Å². The van der Waals surface area contributed by atoms with Crippen molar-refractivity contribution in [2.75, 3.05) is 6.61 Å². The number of imide groups is 1. The zero-order chi connectivity index (χ0) is 20.0. The molecule has 1 aromatic carbocycles. The SMILES string of the molecule is C[C@H]1C[C@@H](c2ccccc2)[C@H](C(=O)N2C(=O)OC[C@@H]2C(C)(C)C)[C@](C)(O)C1. The normalized spacial score (nSPS) is 34.4. The van der Waals surface area contributed by atoms with E-state index in [1.165, 1.54) is 4.90 Å². The minimum atomic E-state index is -1.18. The van der Waals surface area contributed by atoms with Crippen LogP contribution in [0.15, 0.2) is 30.3 Å². The summed E-state index contributed by atoms with van der Waals surface area (Å²) in [7, 11) is 0. The predicted octanol–water partition coefficient (Wildman–Crippen LogP) is 3.96. The first-order chi connectivity index (χ1) is 12.5. The molecule has 1 aliphatic heterocycles. The molecule has 2 fully saturated rings. The maximum atomic E-state index is 13.6. The molecule has 3 rings (SSSR count). The Hall–Kier alpha value is -1.88. The first-order valence-electron chi connectivity index (χ1n) is 9.79. The molecule has 5 heteroatoms. The highest BCUT2D eigenvalue weighted by Crippen LogP contribution is 2.47. The lowest BCUT2D eigenvalue weighted by molar-refractivity contribution is -0.150. The summed E-state index contributed by atoms with van der Waals surface area (Å²) in [6.45, 7) is 10.0. The summed E-state index contributed by atoms with van der Waals surface area (Å²) in [6.07, 6.45) is 0.747. The van der Waals surface area contributed by atoms with Crippen molar-refractivity contribution in [3.05, 3.63) is 35.9 Å². The number of hydrogen-bond donors (Lipinski definition) is 1. The number of nitrogens with zero attached hydrogens (tertiary/aromatic N) is 1. The number of rotatable bonds is 2. The van der Waals surface area contributed by atoms with Crippen LogP contribution >= 0.6 is 0 Å². The molecule has 0 bridgehead atoms. The van der Waals surface area contributed by atoms with Crippen molar-refractivity contribution in [2.24, 2.45) is 17.3 Å². The molecule has 1 heterocycles. The summed E-state index contributed by atoms with van der Waals surface area (Å²) in [5.74, 6) is -0.834. The Balaban J connectivity index is 2.01. The maximum absolute atomic E-state index is 13.6. The third-order valence-corrected chi connectivity index (χ3v) is 6.09. The van der Waals surface area contributed by atoms with E-state index in [0.717, 1.165) is 12.0 Å². The summed E-state index contributed by atoms with van der Waals surface area (Å²) in [6, 6.07) is 9.52. The van der Waals surface area contributed by atoms with Crippen LogP contribution in [0, 0.1) is 17.3 Å². The highest BCUT2D eigenvalue weighted by molar-refractivity contribution is 5.96. The van der Waals surface area contributed by atoms with Crippen LogP contribution in [-0.4, -0.2) is 40.3 Å². The minimum Gasteiger partial charge on any atom is -0.447 e. The second kappa shape index (κ2) is 6.93. The van der Waals surface area contributed by atoms with Gasteiger partial charge < -0.3 is 9.84 Å². The Labute approximate surface area is 161 Å². The lowest BCUT2D eigenvalue weighted by Crippen LogP contribution is -2.56. The van der Waals surface area contributed by atoms with E-state index in [9.17, 15) is 14.7 Å². The fraction of sp³-hybridized carbons (Fsp3) is 0.636. The van der Waals surface area contributed by atoms with Gasteiger partial charge in [-0.15, -0.1) is 0 Å². The molecule has 5 atom stereocenters. The zero-order valence-corrected chi connectivity index (χ0v) is 16.9. The van der Waals surface area contributed by atoms with Crippen molar-refractivity contribution in [2.45, 2.75) is 65.0 Å². The molecular weight excluding hydrogens is 342 g/mol. The molecule has 0 unspecified atom stereocenters. The lowest BCUT2D eigenvalue weighted by atomic mass is 9.63. The molecule has 2 amide bonds. The lowest BCUT2D eigenvalue weighted by Gasteiger charge is -2.46. The zero-order valence-electron chi connectivity index (χ0n) is 16.9. The van der Waals surface area contributed by atoms with Crippen LogP contribution in [-0.2, 0) is 9.53 Å². The van der Waals surface area contributed by atoms with E-state index < -0.39 is 17.6 Å². The average molecular weight is 373 g/mol. The second-order valence-electron chi connectivity index (χ2n) is 9.56. The molecule has 1 aromatic rings. The number of benzene rings is 1. The van der Waals surface area contributed by atoms with E-state index in [1.54, 1.807) is 6.92 Å². The van der Waals surface area contributed by atoms with E-state index >= 15 is 0 Å². The number of hydrogen-bond acceptors (Lipinski definition) is 4. The van der Waals surface area contributed by atoms with Crippen LogP contribution in [0.1, 0.15) is 58.9 Å². The van der Waals surface area contributed by atoms with Crippen LogP contribution in [0.2, 0.25) is 0 Å². The number of aliphatic hydroxyl groups is 1.